The summed E-state index contributed by atoms with van der Waals surface area (Å²) >= 11 is 5.89. The maximum Gasteiger partial charge on any atom is 0.387 e. The van der Waals surface area contributed by atoms with E-state index in [0.717, 1.165) is 0 Å². The Bertz CT molecular complexity index is 922. The smallest absolute Gasteiger partial charge is 0.387 e. The van der Waals surface area contributed by atoms with Gasteiger partial charge in [0.15, 0.2) is 5.65 Å². The molecule has 1 aromatic carbocycles. The van der Waals surface area contributed by atoms with Gasteiger partial charge in [-0.05, 0) is 18.2 Å². The van der Waals surface area contributed by atoms with E-state index >= 15 is 0 Å². The number of aliphatic hydroxyl groups excluding tert-OH is 3. The Hall–Kier alpha value is -2.33. The molecule has 0 aliphatic heterocycles. The summed E-state index contributed by atoms with van der Waals surface area (Å²) in [5.41, 5.74) is 0.192. The molecule has 3 rings (SSSR count). The number of fused-ring (bicyclic) bond motifs is 1. The summed E-state index contributed by atoms with van der Waals surface area (Å²) in [4.78, 5) is 4.14. The number of para-hydroxylation sites is 1. The van der Waals surface area contributed by atoms with Gasteiger partial charge >= 0.3 is 6.61 Å². The minimum absolute atomic E-state index is 0.0164. The van der Waals surface area contributed by atoms with Crippen LogP contribution in [0, 0.1) is 0 Å². The molecule has 0 spiro atoms. The van der Waals surface area contributed by atoms with Crippen LogP contribution in [0.5, 0.6) is 5.75 Å². The number of nitrogens with zero attached hydrogens (tertiary/aromatic N) is 3. The highest BCUT2D eigenvalue weighted by Crippen LogP contribution is 2.34. The van der Waals surface area contributed by atoms with Gasteiger partial charge in [0, 0.05) is 5.56 Å². The zero-order chi connectivity index (χ0) is 18.8. The normalized spacial score (nSPS) is 14.0. The van der Waals surface area contributed by atoms with Gasteiger partial charge in [0.2, 0.25) is 0 Å². The molecule has 0 amide bonds. The van der Waals surface area contributed by atoms with Crippen molar-refractivity contribution >= 4 is 17.2 Å². The largest absolute Gasteiger partial charge is 0.434 e. The zero-order valence-electron chi connectivity index (χ0n) is 13.1. The first-order chi connectivity index (χ1) is 12.4. The van der Waals surface area contributed by atoms with Gasteiger partial charge < -0.3 is 20.1 Å². The molecule has 0 bridgehead atoms. The molecule has 0 fully saturated rings. The van der Waals surface area contributed by atoms with Crippen LogP contribution in [-0.2, 0) is 0 Å². The summed E-state index contributed by atoms with van der Waals surface area (Å²) in [5.74, 6) is -0.239. The molecule has 2 unspecified atom stereocenters. The number of rotatable bonds is 6. The Kier molecular flexibility index (Phi) is 5.33. The summed E-state index contributed by atoms with van der Waals surface area (Å²) in [5, 5.41) is 34.3. The van der Waals surface area contributed by atoms with E-state index < -0.39 is 25.4 Å². The fraction of sp³-hybridized carbons (Fsp3) is 0.250. The second-order valence-electron chi connectivity index (χ2n) is 5.33. The fourth-order valence-corrected chi connectivity index (χ4v) is 2.73. The second kappa shape index (κ2) is 7.50. The molecule has 2 atom stereocenters. The summed E-state index contributed by atoms with van der Waals surface area (Å²) < 4.78 is 30.9. The van der Waals surface area contributed by atoms with Crippen molar-refractivity contribution in [3.05, 3.63) is 58.5 Å². The van der Waals surface area contributed by atoms with Crippen LogP contribution in [-0.4, -0.2) is 43.1 Å². The first-order valence-corrected chi connectivity index (χ1v) is 7.86. The Labute approximate surface area is 151 Å². The predicted octanol–water partition coefficient (Wildman–Crippen LogP) is 2.09. The molecule has 0 saturated carbocycles. The number of ether oxygens (including phenoxy) is 1. The number of hydrogen-bond acceptors (Lipinski definition) is 6. The molecule has 3 N–H and O–H groups in total. The molecule has 3 aromatic rings. The topological polar surface area (TPSA) is 100 Å². The van der Waals surface area contributed by atoms with Gasteiger partial charge in [0.25, 0.3) is 0 Å². The highest BCUT2D eigenvalue weighted by Gasteiger charge is 2.28. The van der Waals surface area contributed by atoms with Crippen LogP contribution >= 0.6 is 11.6 Å². The number of benzene rings is 1. The van der Waals surface area contributed by atoms with Crippen LogP contribution in [0.15, 0.2) is 36.4 Å². The average Bonchev–Trinajstić information content (AvgIpc) is 2.99. The minimum atomic E-state index is -3.08. The van der Waals surface area contributed by atoms with E-state index in [1.807, 2.05) is 0 Å². The number of aromatic nitrogens is 3. The highest BCUT2D eigenvalue weighted by atomic mass is 35.5. The molecular weight excluding hydrogens is 372 g/mol. The van der Waals surface area contributed by atoms with Gasteiger partial charge in [-0.2, -0.15) is 13.9 Å². The molecule has 10 heteroatoms. The minimum Gasteiger partial charge on any atom is -0.434 e. The van der Waals surface area contributed by atoms with Crippen LogP contribution in [0.1, 0.15) is 29.2 Å². The van der Waals surface area contributed by atoms with Crippen molar-refractivity contribution in [1.29, 1.82) is 0 Å². The van der Waals surface area contributed by atoms with E-state index in [9.17, 15) is 24.1 Å². The Balaban J connectivity index is 2.19. The molecule has 138 valence electrons. The summed E-state index contributed by atoms with van der Waals surface area (Å²) in [6.45, 7) is -3.74. The lowest BCUT2D eigenvalue weighted by molar-refractivity contribution is -0.0513. The van der Waals surface area contributed by atoms with Gasteiger partial charge in [-0.25, -0.2) is 9.50 Å². The summed E-state index contributed by atoms with van der Waals surface area (Å²) in [6, 6.07) is 8.63. The van der Waals surface area contributed by atoms with Crippen molar-refractivity contribution in [1.82, 2.24) is 14.6 Å². The van der Waals surface area contributed by atoms with Crippen molar-refractivity contribution in [3.63, 3.8) is 0 Å². The van der Waals surface area contributed by atoms with Gasteiger partial charge in [-0.1, -0.05) is 29.8 Å². The zero-order valence-corrected chi connectivity index (χ0v) is 13.9. The number of alkyl halides is 2. The standard InChI is InChI=1S/C16H14ClF2N3O4/c17-11-5-6-12-20-13(9(24)7-23)14(22(12)21-11)15(25)8-3-1-2-4-10(8)26-16(18)19/h1-6,9,15-16,23-25H,7H2. The first kappa shape index (κ1) is 18.5. The van der Waals surface area contributed by atoms with Crippen molar-refractivity contribution < 1.29 is 28.8 Å². The van der Waals surface area contributed by atoms with Crippen molar-refractivity contribution in [2.24, 2.45) is 0 Å². The lowest BCUT2D eigenvalue weighted by Gasteiger charge is -2.17. The van der Waals surface area contributed by atoms with E-state index in [4.69, 9.17) is 11.6 Å². The maximum atomic E-state index is 12.7. The fourth-order valence-electron chi connectivity index (χ4n) is 2.59. The molecule has 26 heavy (non-hydrogen) atoms. The quantitative estimate of drug-likeness (QED) is 0.601. The van der Waals surface area contributed by atoms with Crippen molar-refractivity contribution in [2.45, 2.75) is 18.8 Å². The predicted molar refractivity (Wildman–Crippen MR) is 87.2 cm³/mol. The molecule has 2 aromatic heterocycles. The van der Waals surface area contributed by atoms with Gasteiger partial charge in [-0.15, -0.1) is 0 Å². The maximum absolute atomic E-state index is 12.7. The summed E-state index contributed by atoms with van der Waals surface area (Å²) in [6.07, 6.45) is -2.94. The monoisotopic (exact) mass is 385 g/mol. The van der Waals surface area contributed by atoms with E-state index in [0.29, 0.717) is 0 Å². The molecule has 0 aliphatic carbocycles. The first-order valence-electron chi connectivity index (χ1n) is 7.48. The lowest BCUT2D eigenvalue weighted by Crippen LogP contribution is -2.14. The number of hydrogen-bond donors (Lipinski definition) is 3. The van der Waals surface area contributed by atoms with Gasteiger partial charge in [0.05, 0.1) is 12.3 Å². The Morgan fingerprint density at radius 1 is 1.15 bits per heavy atom. The van der Waals surface area contributed by atoms with Gasteiger partial charge in [-0.3, -0.25) is 0 Å². The second-order valence-corrected chi connectivity index (χ2v) is 5.71. The van der Waals surface area contributed by atoms with E-state index in [-0.39, 0.29) is 33.5 Å². The van der Waals surface area contributed by atoms with E-state index in [1.165, 1.54) is 40.9 Å². The third-order valence-electron chi connectivity index (χ3n) is 3.69. The van der Waals surface area contributed by atoms with Crippen LogP contribution in [0.25, 0.3) is 5.65 Å². The van der Waals surface area contributed by atoms with Crippen LogP contribution < -0.4 is 4.74 Å². The lowest BCUT2D eigenvalue weighted by atomic mass is 10.0. The van der Waals surface area contributed by atoms with E-state index in [2.05, 4.69) is 14.8 Å². The SMILES string of the molecule is OCC(O)c1nc2ccc(Cl)nn2c1C(O)c1ccccc1OC(F)F. The number of halogens is 3. The molecule has 7 nitrogen and oxygen atoms in total. The van der Waals surface area contributed by atoms with Crippen molar-refractivity contribution in [2.75, 3.05) is 6.61 Å². The molecule has 0 radical (unpaired) electrons. The number of imidazole rings is 1. The van der Waals surface area contributed by atoms with Crippen molar-refractivity contribution in [3.8, 4) is 5.75 Å². The van der Waals surface area contributed by atoms with Gasteiger partial charge in [0.1, 0.15) is 28.8 Å². The molecule has 0 saturated heterocycles. The third-order valence-corrected chi connectivity index (χ3v) is 3.89. The van der Waals surface area contributed by atoms with Crippen LogP contribution in [0.4, 0.5) is 8.78 Å². The van der Waals surface area contributed by atoms with Crippen LogP contribution in [0.3, 0.4) is 0 Å². The van der Waals surface area contributed by atoms with Crippen LogP contribution in [0.2, 0.25) is 5.15 Å². The summed E-state index contributed by atoms with van der Waals surface area (Å²) in [7, 11) is 0. The highest BCUT2D eigenvalue weighted by molar-refractivity contribution is 6.29. The Morgan fingerprint density at radius 3 is 2.58 bits per heavy atom. The molecule has 2 heterocycles. The molecule has 0 aliphatic rings. The molecular formula is C16H14ClF2N3O4. The number of aliphatic hydroxyl groups is 3. The Morgan fingerprint density at radius 2 is 1.88 bits per heavy atom. The van der Waals surface area contributed by atoms with E-state index in [1.54, 1.807) is 0 Å². The third kappa shape index (κ3) is 3.47. The average molecular weight is 386 g/mol.